The topological polar surface area (TPSA) is 113 Å². The molecule has 5 aliphatic rings. The van der Waals surface area contributed by atoms with Gasteiger partial charge in [0, 0.05) is 28.8 Å². The summed E-state index contributed by atoms with van der Waals surface area (Å²) in [6.07, 6.45) is 0.307. The van der Waals surface area contributed by atoms with Gasteiger partial charge in [0.05, 0.1) is 12.8 Å². The third-order valence-electron chi connectivity index (χ3n) is 8.43. The molecule has 5 fully saturated rings. The Labute approximate surface area is 221 Å². The zero-order valence-corrected chi connectivity index (χ0v) is 21.9. The minimum atomic E-state index is -1.16. The number of ether oxygens (including phenoxy) is 4. The molecule has 200 valence electrons. The summed E-state index contributed by atoms with van der Waals surface area (Å²) in [4.78, 5) is 37.0. The normalized spacial score (nSPS) is 39.0. The Morgan fingerprint density at radius 1 is 1.14 bits per heavy atom. The van der Waals surface area contributed by atoms with Gasteiger partial charge in [-0.3, -0.25) is 9.59 Å². The van der Waals surface area contributed by atoms with E-state index >= 15 is 0 Å². The first-order valence-electron chi connectivity index (χ1n) is 12.9. The van der Waals surface area contributed by atoms with Gasteiger partial charge >= 0.3 is 11.9 Å². The molecule has 0 aromatic heterocycles. The number of nitriles is 1. The van der Waals surface area contributed by atoms with E-state index in [1.807, 2.05) is 19.9 Å². The van der Waals surface area contributed by atoms with Crippen LogP contribution in [0, 0.1) is 35.0 Å². The maximum atomic E-state index is 12.7. The van der Waals surface area contributed by atoms with E-state index in [1.165, 1.54) is 0 Å². The third kappa shape index (κ3) is 4.75. The second-order valence-electron chi connectivity index (χ2n) is 10.8. The molecule has 4 unspecified atom stereocenters. The second-order valence-corrected chi connectivity index (χ2v) is 11.2. The lowest BCUT2D eigenvalue weighted by Crippen LogP contribution is -2.70. The van der Waals surface area contributed by atoms with Crippen LogP contribution in [0.15, 0.2) is 24.3 Å². The van der Waals surface area contributed by atoms with Gasteiger partial charge in [0.1, 0.15) is 6.07 Å². The van der Waals surface area contributed by atoms with Crippen molar-refractivity contribution in [2.24, 2.45) is 23.7 Å². The Morgan fingerprint density at radius 3 is 2.65 bits per heavy atom. The lowest BCUT2D eigenvalue weighted by atomic mass is 9.58. The summed E-state index contributed by atoms with van der Waals surface area (Å²) in [5, 5.41) is 9.73. The average molecular weight is 534 g/mol. The highest BCUT2D eigenvalue weighted by Gasteiger charge is 2.69. The molecule has 0 N–H and O–H groups in total. The van der Waals surface area contributed by atoms with Crippen LogP contribution in [0.2, 0.25) is 5.02 Å². The van der Waals surface area contributed by atoms with E-state index in [0.29, 0.717) is 22.9 Å². The lowest BCUT2D eigenvalue weighted by Gasteiger charge is -2.59. The van der Waals surface area contributed by atoms with Gasteiger partial charge < -0.3 is 18.9 Å². The van der Waals surface area contributed by atoms with Crippen LogP contribution in [0.3, 0.4) is 0 Å². The number of hydrogen-bond acceptors (Lipinski definition) is 9. The number of hydrogen-bond donors (Lipinski definition) is 0. The van der Waals surface area contributed by atoms with E-state index in [4.69, 9.17) is 40.3 Å². The Hall–Kier alpha value is -2.22. The molecule has 4 heterocycles. The number of esters is 2. The fraction of sp³-hybridized carbons (Fsp3) is 0.667. The van der Waals surface area contributed by atoms with Crippen molar-refractivity contribution in [1.82, 2.24) is 0 Å². The van der Waals surface area contributed by atoms with Crippen LogP contribution >= 0.6 is 11.6 Å². The molecule has 9 nitrogen and oxygen atoms in total. The second kappa shape index (κ2) is 10.2. The van der Waals surface area contributed by atoms with E-state index < -0.39 is 42.0 Å². The highest BCUT2D eigenvalue weighted by atomic mass is 35.5. The van der Waals surface area contributed by atoms with Gasteiger partial charge in [0.2, 0.25) is 18.2 Å². The molecule has 1 aliphatic carbocycles. The first kappa shape index (κ1) is 26.4. The SMILES string of the molecule is C[C@H]1C(OC(=O)CCC(=O)OC(C#N)c2ccccc2Cl)O[C@@H]2O[C@@]3(C)CC[C@H]4[C@H](C)CCC1C24OO3. The molecule has 0 amide bonds. The van der Waals surface area contributed by atoms with Crippen LogP contribution in [-0.2, 0) is 38.3 Å². The zero-order valence-electron chi connectivity index (χ0n) is 21.2. The fourth-order valence-electron chi connectivity index (χ4n) is 6.44. The van der Waals surface area contributed by atoms with Gasteiger partial charge in [-0.2, -0.15) is 5.26 Å². The number of rotatable bonds is 6. The van der Waals surface area contributed by atoms with Crippen LogP contribution in [-0.4, -0.2) is 35.9 Å². The summed E-state index contributed by atoms with van der Waals surface area (Å²) in [6.45, 7) is 6.05. The van der Waals surface area contributed by atoms with Gasteiger partial charge in [-0.15, -0.1) is 0 Å². The Bertz CT molecular complexity index is 1090. The van der Waals surface area contributed by atoms with Gasteiger partial charge in [-0.05, 0) is 44.1 Å². The molecule has 1 spiro atoms. The van der Waals surface area contributed by atoms with Gasteiger partial charge in [0.15, 0.2) is 11.9 Å². The standard InChI is InChI=1S/C27H32ClNO8/c1-15-8-9-19-16(2)24(34-25-27(19)18(15)12-13-26(3,35-25)36-37-27)33-23(31)11-10-22(30)32-21(14-29)17-6-4-5-7-20(17)28/h4-7,15-16,18-19,21,24-25H,8-13H2,1-3H3/t15-,16-,18+,19?,21?,24?,25-,26-,27?/m1/s1. The molecule has 1 aromatic carbocycles. The smallest absolute Gasteiger partial charge is 0.308 e. The largest absolute Gasteiger partial charge is 0.442 e. The molecule has 37 heavy (non-hydrogen) atoms. The summed E-state index contributed by atoms with van der Waals surface area (Å²) < 4.78 is 23.5. The van der Waals surface area contributed by atoms with E-state index in [2.05, 4.69) is 6.92 Å². The van der Waals surface area contributed by atoms with Crippen molar-refractivity contribution < 1.29 is 38.3 Å². The number of fused-ring (bicyclic) bond motifs is 2. The van der Waals surface area contributed by atoms with Crippen molar-refractivity contribution >= 4 is 23.5 Å². The number of carbonyl (C=O) groups is 2. The van der Waals surface area contributed by atoms with Crippen molar-refractivity contribution in [3.63, 3.8) is 0 Å². The van der Waals surface area contributed by atoms with Crippen LogP contribution in [0.4, 0.5) is 0 Å². The van der Waals surface area contributed by atoms with Crippen LogP contribution in [0.25, 0.3) is 0 Å². The Morgan fingerprint density at radius 2 is 1.89 bits per heavy atom. The first-order chi connectivity index (χ1) is 17.7. The molecule has 9 atom stereocenters. The molecular formula is C27H32ClNO8. The van der Waals surface area contributed by atoms with Crippen LogP contribution in [0.5, 0.6) is 0 Å². The first-order valence-corrected chi connectivity index (χ1v) is 13.3. The summed E-state index contributed by atoms with van der Waals surface area (Å²) in [5.41, 5.74) is -0.358. The van der Waals surface area contributed by atoms with Crippen LogP contribution in [0.1, 0.15) is 71.0 Å². The van der Waals surface area contributed by atoms with E-state index in [1.54, 1.807) is 24.3 Å². The monoisotopic (exact) mass is 533 g/mol. The highest BCUT2D eigenvalue weighted by Crippen LogP contribution is 2.60. The zero-order chi connectivity index (χ0) is 26.4. The van der Waals surface area contributed by atoms with Gasteiger partial charge in [0.25, 0.3) is 0 Å². The average Bonchev–Trinajstić information content (AvgIpc) is 3.10. The molecule has 2 bridgehead atoms. The van der Waals surface area contributed by atoms with E-state index in [9.17, 15) is 14.9 Å². The maximum absolute atomic E-state index is 12.7. The third-order valence-corrected chi connectivity index (χ3v) is 8.78. The quantitative estimate of drug-likeness (QED) is 0.369. The predicted octanol–water partition coefficient (Wildman–Crippen LogP) is 4.98. The number of nitrogens with zero attached hydrogens (tertiary/aromatic N) is 1. The molecule has 1 aromatic rings. The van der Waals surface area contributed by atoms with Gasteiger partial charge in [-0.25, -0.2) is 9.78 Å². The molecule has 6 rings (SSSR count). The molecule has 4 aliphatic heterocycles. The van der Waals surface area contributed by atoms with E-state index in [-0.39, 0.29) is 30.6 Å². The molecule has 0 radical (unpaired) electrons. The van der Waals surface area contributed by atoms with Crippen molar-refractivity contribution in [3.05, 3.63) is 34.9 Å². The summed E-state index contributed by atoms with van der Waals surface area (Å²) in [7, 11) is 0. The predicted molar refractivity (Wildman–Crippen MR) is 128 cm³/mol. The van der Waals surface area contributed by atoms with E-state index in [0.717, 1.165) is 19.3 Å². The highest BCUT2D eigenvalue weighted by molar-refractivity contribution is 6.31. The van der Waals surface area contributed by atoms with Crippen LogP contribution < -0.4 is 0 Å². The molecular weight excluding hydrogens is 502 g/mol. The molecule has 10 heteroatoms. The maximum Gasteiger partial charge on any atom is 0.308 e. The Kier molecular flexibility index (Phi) is 7.24. The summed E-state index contributed by atoms with van der Waals surface area (Å²) in [5.74, 6) is -1.73. The number of benzene rings is 1. The fourth-order valence-corrected chi connectivity index (χ4v) is 6.67. The number of carbonyl (C=O) groups excluding carboxylic acids is 2. The van der Waals surface area contributed by atoms with Crippen molar-refractivity contribution in [2.75, 3.05) is 0 Å². The summed E-state index contributed by atoms with van der Waals surface area (Å²) in [6, 6.07) is 8.55. The lowest BCUT2D eigenvalue weighted by molar-refractivity contribution is -0.576. The summed E-state index contributed by atoms with van der Waals surface area (Å²) >= 11 is 6.11. The minimum Gasteiger partial charge on any atom is -0.442 e. The van der Waals surface area contributed by atoms with Crippen molar-refractivity contribution in [2.45, 2.75) is 89.4 Å². The number of halogens is 1. The van der Waals surface area contributed by atoms with Gasteiger partial charge in [-0.1, -0.05) is 43.6 Å². The van der Waals surface area contributed by atoms with Crippen molar-refractivity contribution in [1.29, 1.82) is 5.26 Å². The molecule has 1 saturated carbocycles. The molecule has 4 saturated heterocycles. The van der Waals surface area contributed by atoms with Crippen molar-refractivity contribution in [3.8, 4) is 6.07 Å². The Balaban J connectivity index is 1.21. The minimum absolute atomic E-state index is 0.0184.